The molecule has 2 unspecified atom stereocenters. The minimum absolute atomic E-state index is 0.115. The highest BCUT2D eigenvalue weighted by molar-refractivity contribution is 6.30. The van der Waals surface area contributed by atoms with E-state index in [1.54, 1.807) is 32.0 Å². The molecule has 204 valence electrons. The maximum Gasteiger partial charge on any atom is 0.314 e. The summed E-state index contributed by atoms with van der Waals surface area (Å²) in [6.07, 6.45) is 0.651. The van der Waals surface area contributed by atoms with E-state index in [9.17, 15) is 14.0 Å². The van der Waals surface area contributed by atoms with Crippen molar-refractivity contribution in [1.82, 2.24) is 15.5 Å². The van der Waals surface area contributed by atoms with E-state index >= 15 is 0 Å². The molecule has 3 rings (SSSR count). The van der Waals surface area contributed by atoms with Gasteiger partial charge < -0.3 is 19.5 Å². The number of carbonyl (C=O) groups excluding carboxylic acids is 2. The fourth-order valence-electron chi connectivity index (χ4n) is 4.27. The number of amides is 1. The topological polar surface area (TPSA) is 103 Å². The molecule has 2 atom stereocenters. The standard InChI is InChI=1S/C28H33ClFN3O5/c1-5-37-25-15-24(32-33-25)26(34)31-21(16-28(3,17-36-4)27(35)38-6-2)13-18-7-9-19(10-8-18)22-14-20(29)11-12-23(22)30/h7-12,14-15,21H,5-6,13,16-17H2,1-4H3,(H,31,34)(H,32,33). The maximum absolute atomic E-state index is 14.3. The van der Waals surface area contributed by atoms with Crippen molar-refractivity contribution < 1.29 is 28.2 Å². The summed E-state index contributed by atoms with van der Waals surface area (Å²) in [5.41, 5.74) is 1.18. The molecule has 1 aromatic heterocycles. The number of hydrogen-bond acceptors (Lipinski definition) is 6. The zero-order valence-corrected chi connectivity index (χ0v) is 22.7. The van der Waals surface area contributed by atoms with Gasteiger partial charge in [-0.15, -0.1) is 5.10 Å². The zero-order chi connectivity index (χ0) is 27.7. The van der Waals surface area contributed by atoms with Gasteiger partial charge in [0, 0.05) is 29.8 Å². The fourth-order valence-corrected chi connectivity index (χ4v) is 4.44. The zero-order valence-electron chi connectivity index (χ0n) is 22.0. The van der Waals surface area contributed by atoms with Gasteiger partial charge in [0.25, 0.3) is 5.91 Å². The number of carbonyl (C=O) groups is 2. The molecule has 0 saturated heterocycles. The number of hydrogen-bond donors (Lipinski definition) is 2. The molecule has 1 heterocycles. The van der Waals surface area contributed by atoms with Crippen molar-refractivity contribution in [3.05, 3.63) is 70.6 Å². The van der Waals surface area contributed by atoms with E-state index in [-0.39, 0.29) is 31.1 Å². The van der Waals surface area contributed by atoms with E-state index in [0.29, 0.717) is 35.1 Å². The summed E-state index contributed by atoms with van der Waals surface area (Å²) < 4.78 is 30.3. The van der Waals surface area contributed by atoms with Crippen molar-refractivity contribution in [3.8, 4) is 17.0 Å². The predicted octanol–water partition coefficient (Wildman–Crippen LogP) is 5.21. The first-order chi connectivity index (χ1) is 18.2. The lowest BCUT2D eigenvalue weighted by Crippen LogP contribution is -2.45. The Bertz CT molecular complexity index is 1230. The van der Waals surface area contributed by atoms with Crippen molar-refractivity contribution >= 4 is 23.5 Å². The number of H-pyrrole nitrogens is 1. The highest BCUT2D eigenvalue weighted by Crippen LogP contribution is 2.29. The van der Waals surface area contributed by atoms with Crippen LogP contribution in [0.25, 0.3) is 11.1 Å². The van der Waals surface area contributed by atoms with Gasteiger partial charge in [-0.25, -0.2) is 4.39 Å². The third-order valence-electron chi connectivity index (χ3n) is 6.03. The van der Waals surface area contributed by atoms with Gasteiger partial charge >= 0.3 is 5.97 Å². The van der Waals surface area contributed by atoms with Crippen molar-refractivity contribution in [3.63, 3.8) is 0 Å². The lowest BCUT2D eigenvalue weighted by molar-refractivity contribution is -0.158. The first-order valence-corrected chi connectivity index (χ1v) is 12.8. The second-order valence-electron chi connectivity index (χ2n) is 9.17. The van der Waals surface area contributed by atoms with E-state index in [1.165, 1.54) is 25.3 Å². The van der Waals surface area contributed by atoms with Crippen LogP contribution in [-0.4, -0.2) is 55.0 Å². The smallest absolute Gasteiger partial charge is 0.314 e. The van der Waals surface area contributed by atoms with Crippen LogP contribution in [0.1, 0.15) is 43.2 Å². The van der Waals surface area contributed by atoms with Crippen molar-refractivity contribution in [2.24, 2.45) is 5.41 Å². The fraction of sp³-hybridized carbons (Fsp3) is 0.393. The van der Waals surface area contributed by atoms with Crippen LogP contribution in [0.3, 0.4) is 0 Å². The summed E-state index contributed by atoms with van der Waals surface area (Å²) in [6.45, 7) is 6.07. The SMILES string of the molecule is CCOC(=O)C(C)(COC)CC(Cc1ccc(-c2cc(Cl)ccc2F)cc1)NC(=O)c1cc(OCC)n[nH]1. The number of benzene rings is 2. The average Bonchev–Trinajstić information content (AvgIpc) is 3.35. The summed E-state index contributed by atoms with van der Waals surface area (Å²) in [5, 5.41) is 10.1. The summed E-state index contributed by atoms with van der Waals surface area (Å²) in [6, 6.07) is 12.8. The number of ether oxygens (including phenoxy) is 3. The Morgan fingerprint density at radius 3 is 2.53 bits per heavy atom. The number of rotatable bonds is 13. The van der Waals surface area contributed by atoms with Gasteiger partial charge in [-0.2, -0.15) is 0 Å². The molecule has 2 N–H and O–H groups in total. The van der Waals surface area contributed by atoms with Crippen LogP contribution in [0, 0.1) is 11.2 Å². The summed E-state index contributed by atoms with van der Waals surface area (Å²) in [4.78, 5) is 25.9. The number of halogens is 2. The summed E-state index contributed by atoms with van der Waals surface area (Å²) >= 11 is 6.05. The molecule has 8 nitrogen and oxygen atoms in total. The Morgan fingerprint density at radius 1 is 1.13 bits per heavy atom. The molecule has 1 amide bonds. The summed E-state index contributed by atoms with van der Waals surface area (Å²) in [5.74, 6) is -0.862. The van der Waals surface area contributed by atoms with Crippen LogP contribution in [0.4, 0.5) is 4.39 Å². The van der Waals surface area contributed by atoms with E-state index < -0.39 is 23.3 Å². The molecule has 0 aliphatic rings. The van der Waals surface area contributed by atoms with E-state index in [4.69, 9.17) is 25.8 Å². The number of nitrogens with one attached hydrogen (secondary N) is 2. The second kappa shape index (κ2) is 13.4. The largest absolute Gasteiger partial charge is 0.477 e. The Kier molecular flexibility index (Phi) is 10.3. The van der Waals surface area contributed by atoms with Crippen molar-refractivity contribution in [2.75, 3.05) is 26.9 Å². The van der Waals surface area contributed by atoms with Gasteiger partial charge in [0.2, 0.25) is 5.88 Å². The van der Waals surface area contributed by atoms with Gasteiger partial charge in [0.15, 0.2) is 0 Å². The van der Waals surface area contributed by atoms with Crippen LogP contribution in [0.2, 0.25) is 5.02 Å². The monoisotopic (exact) mass is 545 g/mol. The van der Waals surface area contributed by atoms with E-state index in [0.717, 1.165) is 5.56 Å². The molecule has 0 saturated carbocycles. The van der Waals surface area contributed by atoms with E-state index in [1.807, 2.05) is 19.1 Å². The number of aromatic amines is 1. The highest BCUT2D eigenvalue weighted by atomic mass is 35.5. The molecule has 3 aromatic rings. The molecular formula is C28H33ClFN3O5. The van der Waals surface area contributed by atoms with Gasteiger partial charge in [-0.05, 0) is 62.9 Å². The van der Waals surface area contributed by atoms with Crippen molar-refractivity contribution in [1.29, 1.82) is 0 Å². The van der Waals surface area contributed by atoms with Gasteiger partial charge in [0.05, 0.1) is 25.2 Å². The highest BCUT2D eigenvalue weighted by Gasteiger charge is 2.38. The molecule has 2 aromatic carbocycles. The third kappa shape index (κ3) is 7.55. The first kappa shape index (κ1) is 29.1. The van der Waals surface area contributed by atoms with Gasteiger partial charge in [-0.1, -0.05) is 35.9 Å². The van der Waals surface area contributed by atoms with Crippen LogP contribution >= 0.6 is 11.6 Å². The van der Waals surface area contributed by atoms with Crippen LogP contribution in [0.5, 0.6) is 5.88 Å². The van der Waals surface area contributed by atoms with Crippen LogP contribution in [-0.2, 0) is 20.7 Å². The Hall–Kier alpha value is -3.43. The Labute approximate surface area is 226 Å². The minimum Gasteiger partial charge on any atom is -0.477 e. The van der Waals surface area contributed by atoms with Gasteiger partial charge in [-0.3, -0.25) is 14.7 Å². The number of aromatic nitrogens is 2. The minimum atomic E-state index is -1.00. The molecule has 0 radical (unpaired) electrons. The quantitative estimate of drug-likeness (QED) is 0.286. The molecule has 10 heteroatoms. The van der Waals surface area contributed by atoms with Crippen molar-refractivity contribution in [2.45, 2.75) is 39.7 Å². The van der Waals surface area contributed by atoms with Gasteiger partial charge in [0.1, 0.15) is 11.5 Å². The third-order valence-corrected chi connectivity index (χ3v) is 6.27. The van der Waals surface area contributed by atoms with E-state index in [2.05, 4.69) is 15.5 Å². The Balaban J connectivity index is 1.86. The second-order valence-corrected chi connectivity index (χ2v) is 9.60. The molecule has 0 fully saturated rings. The average molecular weight is 546 g/mol. The number of nitrogens with zero attached hydrogens (tertiary/aromatic N) is 1. The predicted molar refractivity (Wildman–Crippen MR) is 143 cm³/mol. The summed E-state index contributed by atoms with van der Waals surface area (Å²) in [7, 11) is 1.51. The Morgan fingerprint density at radius 2 is 1.87 bits per heavy atom. The molecule has 0 bridgehead atoms. The molecule has 0 spiro atoms. The molecule has 0 aliphatic heterocycles. The lowest BCUT2D eigenvalue weighted by Gasteiger charge is -2.31. The molecule has 0 aliphatic carbocycles. The molecule has 38 heavy (non-hydrogen) atoms. The molecular weight excluding hydrogens is 513 g/mol. The first-order valence-electron chi connectivity index (χ1n) is 12.4. The lowest BCUT2D eigenvalue weighted by atomic mass is 9.82. The normalized spacial score (nSPS) is 13.4. The maximum atomic E-state index is 14.3. The number of esters is 1. The number of methoxy groups -OCH3 is 1. The van der Waals surface area contributed by atoms with Crippen LogP contribution in [0.15, 0.2) is 48.5 Å². The van der Waals surface area contributed by atoms with Crippen LogP contribution < -0.4 is 10.1 Å².